The van der Waals surface area contributed by atoms with Crippen LogP contribution in [-0.4, -0.2) is 35.4 Å². The van der Waals surface area contributed by atoms with E-state index in [1.54, 1.807) is 0 Å². The van der Waals surface area contributed by atoms with Crippen molar-refractivity contribution in [1.29, 1.82) is 0 Å². The van der Waals surface area contributed by atoms with Gasteiger partial charge in [0, 0.05) is 13.3 Å². The Balaban J connectivity index is 2.14. The number of carbonyl (C=O) groups excluding carboxylic acids is 1. The fourth-order valence-corrected chi connectivity index (χ4v) is 3.08. The van der Waals surface area contributed by atoms with Crippen LogP contribution in [-0.2, 0) is 14.3 Å². The van der Waals surface area contributed by atoms with Crippen LogP contribution in [0.1, 0.15) is 26.7 Å². The Morgan fingerprint density at radius 2 is 2.38 bits per heavy atom. The summed E-state index contributed by atoms with van der Waals surface area (Å²) in [6, 6.07) is 0.0339. The van der Waals surface area contributed by atoms with Gasteiger partial charge in [0.1, 0.15) is 6.10 Å². The second kappa shape index (κ2) is 4.73. The molecule has 0 amide bonds. The van der Waals surface area contributed by atoms with Gasteiger partial charge in [0.2, 0.25) is 0 Å². The quantitative estimate of drug-likeness (QED) is 0.576. The smallest absolute Gasteiger partial charge is 0.311 e. The van der Waals surface area contributed by atoms with E-state index in [-0.39, 0.29) is 28.9 Å². The van der Waals surface area contributed by atoms with Crippen LogP contribution in [0.4, 0.5) is 0 Å². The van der Waals surface area contributed by atoms with E-state index in [1.807, 2.05) is 13.8 Å². The third-order valence-electron chi connectivity index (χ3n) is 3.08. The lowest BCUT2D eigenvalue weighted by molar-refractivity contribution is -0.150. The molecule has 1 fully saturated rings. The van der Waals surface area contributed by atoms with Crippen molar-refractivity contribution in [2.24, 2.45) is 10.9 Å². The van der Waals surface area contributed by atoms with E-state index in [0.717, 1.165) is 12.8 Å². The number of halogens is 1. The summed E-state index contributed by atoms with van der Waals surface area (Å²) in [6.45, 7) is 4.09. The summed E-state index contributed by atoms with van der Waals surface area (Å²) < 4.78 is 10.7. The molecule has 0 saturated heterocycles. The van der Waals surface area contributed by atoms with Crippen LogP contribution >= 0.6 is 15.9 Å². The predicted molar refractivity (Wildman–Crippen MR) is 63.8 cm³/mol. The van der Waals surface area contributed by atoms with Gasteiger partial charge in [-0.1, -0.05) is 15.9 Å². The Labute approximate surface area is 104 Å². The molecule has 0 aromatic heterocycles. The highest BCUT2D eigenvalue weighted by molar-refractivity contribution is 9.09. The molecule has 2 rings (SSSR count). The second-order valence-corrected chi connectivity index (χ2v) is 5.39. The van der Waals surface area contributed by atoms with Crippen LogP contribution in [0.2, 0.25) is 0 Å². The molecule has 1 heterocycles. The lowest BCUT2D eigenvalue weighted by Gasteiger charge is -2.39. The van der Waals surface area contributed by atoms with Gasteiger partial charge >= 0.3 is 5.97 Å². The van der Waals surface area contributed by atoms with Gasteiger partial charge in [0.15, 0.2) is 5.90 Å². The van der Waals surface area contributed by atoms with Crippen molar-refractivity contribution in [2.45, 2.75) is 43.7 Å². The summed E-state index contributed by atoms with van der Waals surface area (Å²) in [5, 5.41) is 0. The van der Waals surface area contributed by atoms with Crippen LogP contribution in [0.3, 0.4) is 0 Å². The van der Waals surface area contributed by atoms with Crippen molar-refractivity contribution in [3.8, 4) is 0 Å². The predicted octanol–water partition coefficient (Wildman–Crippen LogP) is 1.91. The molecular weight excluding hydrogens is 274 g/mol. The monoisotopic (exact) mass is 289 g/mol. The number of esters is 1. The second-order valence-electron chi connectivity index (χ2n) is 4.22. The molecule has 0 aromatic rings. The molecule has 0 unspecified atom stereocenters. The molecule has 0 radical (unpaired) electrons. The third-order valence-corrected chi connectivity index (χ3v) is 4.04. The molecular formula is C11H16BrNO3. The molecule has 4 atom stereocenters. The van der Waals surface area contributed by atoms with E-state index in [1.165, 1.54) is 0 Å². The Morgan fingerprint density at radius 3 is 3.06 bits per heavy atom. The average Bonchev–Trinajstić information content (AvgIpc) is 2.23. The maximum Gasteiger partial charge on any atom is 0.311 e. The lowest BCUT2D eigenvalue weighted by Crippen LogP contribution is -2.47. The Bertz CT molecular complexity index is 318. The largest absolute Gasteiger partial charge is 0.477 e. The molecule has 1 saturated carbocycles. The van der Waals surface area contributed by atoms with Crippen molar-refractivity contribution in [3.05, 3.63) is 0 Å². The Morgan fingerprint density at radius 1 is 1.62 bits per heavy atom. The maximum absolute atomic E-state index is 11.8. The lowest BCUT2D eigenvalue weighted by atomic mass is 9.82. The zero-order valence-electron chi connectivity index (χ0n) is 9.48. The first kappa shape index (κ1) is 11.9. The topological polar surface area (TPSA) is 47.9 Å². The van der Waals surface area contributed by atoms with Crippen molar-refractivity contribution < 1.29 is 14.3 Å². The summed E-state index contributed by atoms with van der Waals surface area (Å²) in [4.78, 5) is 16.4. The minimum Gasteiger partial charge on any atom is -0.477 e. The highest BCUT2D eigenvalue weighted by atomic mass is 79.9. The standard InChI is InChI=1S/C11H16BrNO3/c1-3-15-11(14)7-4-8(12)10-5-9(7)13-6(2)16-10/h7-10H,3-5H2,1-2H3/t7-,8+,9+,10-/m1/s1. The summed E-state index contributed by atoms with van der Waals surface area (Å²) in [6.07, 6.45) is 1.69. The number of nitrogens with zero attached hydrogens (tertiary/aromatic N) is 1. The van der Waals surface area contributed by atoms with E-state index < -0.39 is 0 Å². The first-order valence-electron chi connectivity index (χ1n) is 5.63. The first-order chi connectivity index (χ1) is 7.61. The van der Waals surface area contributed by atoms with Gasteiger partial charge in [-0.15, -0.1) is 0 Å². The van der Waals surface area contributed by atoms with E-state index >= 15 is 0 Å². The van der Waals surface area contributed by atoms with Gasteiger partial charge in [0.25, 0.3) is 0 Å². The Kier molecular flexibility index (Phi) is 3.52. The van der Waals surface area contributed by atoms with Gasteiger partial charge in [-0.3, -0.25) is 9.79 Å². The fourth-order valence-electron chi connectivity index (χ4n) is 2.35. The number of hydrogen-bond acceptors (Lipinski definition) is 4. The molecule has 0 spiro atoms. The number of hydrogen-bond donors (Lipinski definition) is 0. The summed E-state index contributed by atoms with van der Waals surface area (Å²) >= 11 is 3.58. The third kappa shape index (κ3) is 2.24. The van der Waals surface area contributed by atoms with Crippen molar-refractivity contribution >= 4 is 27.8 Å². The zero-order valence-corrected chi connectivity index (χ0v) is 11.1. The number of alkyl halides is 1. The molecule has 0 aromatic carbocycles. The first-order valence-corrected chi connectivity index (χ1v) is 6.55. The van der Waals surface area contributed by atoms with E-state index in [9.17, 15) is 4.79 Å². The SMILES string of the molecule is CCOC(=O)[C@@H]1C[C@H](Br)[C@H]2C[C@@H]1N=C(C)O2. The van der Waals surface area contributed by atoms with Gasteiger partial charge in [0.05, 0.1) is 23.4 Å². The molecule has 16 heavy (non-hydrogen) atoms. The van der Waals surface area contributed by atoms with Crippen LogP contribution in [0, 0.1) is 5.92 Å². The molecule has 2 aliphatic rings. The van der Waals surface area contributed by atoms with Gasteiger partial charge in [-0.05, 0) is 13.3 Å². The van der Waals surface area contributed by atoms with Crippen LogP contribution < -0.4 is 0 Å². The number of aliphatic imine (C=N–C) groups is 1. The molecule has 90 valence electrons. The number of carbonyl (C=O) groups is 1. The summed E-state index contributed by atoms with van der Waals surface area (Å²) in [7, 11) is 0. The molecule has 5 heteroatoms. The van der Waals surface area contributed by atoms with Crippen molar-refractivity contribution in [2.75, 3.05) is 6.61 Å². The van der Waals surface area contributed by atoms with Crippen molar-refractivity contribution in [3.63, 3.8) is 0 Å². The molecule has 2 bridgehead atoms. The Hall–Kier alpha value is -0.580. The van der Waals surface area contributed by atoms with Crippen LogP contribution in [0.15, 0.2) is 4.99 Å². The number of rotatable bonds is 2. The minimum atomic E-state index is -0.131. The minimum absolute atomic E-state index is 0.0339. The van der Waals surface area contributed by atoms with Gasteiger partial charge in [-0.25, -0.2) is 0 Å². The van der Waals surface area contributed by atoms with Crippen molar-refractivity contribution in [1.82, 2.24) is 0 Å². The average molecular weight is 290 g/mol. The van der Waals surface area contributed by atoms with E-state index in [4.69, 9.17) is 9.47 Å². The fraction of sp³-hybridized carbons (Fsp3) is 0.818. The summed E-state index contributed by atoms with van der Waals surface area (Å²) in [5.74, 6) is 0.424. The molecule has 1 aliphatic carbocycles. The van der Waals surface area contributed by atoms with Gasteiger partial charge in [-0.2, -0.15) is 0 Å². The van der Waals surface area contributed by atoms with Crippen LogP contribution in [0.25, 0.3) is 0 Å². The van der Waals surface area contributed by atoms with E-state index in [0.29, 0.717) is 12.5 Å². The number of fused-ring (bicyclic) bond motifs is 2. The summed E-state index contributed by atoms with van der Waals surface area (Å²) in [5.41, 5.74) is 0. The number of ether oxygens (including phenoxy) is 2. The molecule has 4 nitrogen and oxygen atoms in total. The molecule has 0 N–H and O–H groups in total. The van der Waals surface area contributed by atoms with E-state index in [2.05, 4.69) is 20.9 Å². The van der Waals surface area contributed by atoms with Gasteiger partial charge < -0.3 is 9.47 Å². The highest BCUT2D eigenvalue weighted by Gasteiger charge is 2.43. The normalized spacial score (nSPS) is 37.3. The molecule has 1 aliphatic heterocycles. The highest BCUT2D eigenvalue weighted by Crippen LogP contribution is 2.36. The van der Waals surface area contributed by atoms with Crippen LogP contribution in [0.5, 0.6) is 0 Å². The zero-order chi connectivity index (χ0) is 11.7. The maximum atomic E-state index is 11.8.